The van der Waals surface area contributed by atoms with Crippen LogP contribution >= 0.6 is 11.8 Å². The Kier molecular flexibility index (Phi) is 4.20. The quantitative estimate of drug-likeness (QED) is 0.683. The van der Waals surface area contributed by atoms with Crippen LogP contribution in [0.3, 0.4) is 0 Å². The Labute approximate surface area is 93.6 Å². The lowest BCUT2D eigenvalue weighted by Gasteiger charge is -2.28. The van der Waals surface area contributed by atoms with Crippen molar-refractivity contribution in [2.45, 2.75) is 19.1 Å². The van der Waals surface area contributed by atoms with Gasteiger partial charge in [0.05, 0.1) is 12.4 Å². The standard InChI is InChI=1S/C10H15NO3S/c1-7(2)9-10(13)11(4-5-15-9)6-8(12)14-3/h4-5,7,9H,6H2,1-3H3. The molecule has 1 aliphatic rings. The molecular weight excluding hydrogens is 214 g/mol. The monoisotopic (exact) mass is 229 g/mol. The molecule has 1 heterocycles. The molecule has 0 bridgehead atoms. The number of thioether (sulfide) groups is 1. The first-order chi connectivity index (χ1) is 7.06. The summed E-state index contributed by atoms with van der Waals surface area (Å²) in [7, 11) is 1.31. The third-order valence-corrected chi connectivity index (χ3v) is 3.44. The van der Waals surface area contributed by atoms with Crippen LogP contribution in [0.5, 0.6) is 0 Å². The highest BCUT2D eigenvalue weighted by Gasteiger charge is 2.29. The van der Waals surface area contributed by atoms with Crippen molar-refractivity contribution >= 4 is 23.6 Å². The van der Waals surface area contributed by atoms with Crippen LogP contribution in [0.15, 0.2) is 11.6 Å². The summed E-state index contributed by atoms with van der Waals surface area (Å²) in [6.07, 6.45) is 1.63. The zero-order valence-electron chi connectivity index (χ0n) is 9.10. The van der Waals surface area contributed by atoms with Crippen LogP contribution in [-0.4, -0.2) is 35.7 Å². The predicted octanol–water partition coefficient (Wildman–Crippen LogP) is 1.23. The Balaban J connectivity index is 2.67. The SMILES string of the molecule is COC(=O)CN1C=CSC(C(C)C)C1=O. The summed E-state index contributed by atoms with van der Waals surface area (Å²) in [4.78, 5) is 24.3. The summed E-state index contributed by atoms with van der Waals surface area (Å²) in [5.41, 5.74) is 0. The molecule has 15 heavy (non-hydrogen) atoms. The van der Waals surface area contributed by atoms with Gasteiger partial charge in [-0.2, -0.15) is 0 Å². The fourth-order valence-corrected chi connectivity index (χ4v) is 2.22. The van der Waals surface area contributed by atoms with Gasteiger partial charge in [0, 0.05) is 6.20 Å². The lowest BCUT2D eigenvalue weighted by molar-refractivity contribution is -0.145. The zero-order valence-corrected chi connectivity index (χ0v) is 9.91. The topological polar surface area (TPSA) is 46.6 Å². The third kappa shape index (κ3) is 2.99. The van der Waals surface area contributed by atoms with E-state index in [1.165, 1.54) is 23.8 Å². The summed E-state index contributed by atoms with van der Waals surface area (Å²) in [5.74, 6) is -0.169. The normalized spacial score (nSPS) is 20.9. The van der Waals surface area contributed by atoms with Crippen LogP contribution in [0.4, 0.5) is 0 Å². The van der Waals surface area contributed by atoms with Gasteiger partial charge in [0.2, 0.25) is 5.91 Å². The Hall–Kier alpha value is -0.970. The second-order valence-corrected chi connectivity index (χ2v) is 4.68. The van der Waals surface area contributed by atoms with Crippen molar-refractivity contribution in [2.75, 3.05) is 13.7 Å². The predicted molar refractivity (Wildman–Crippen MR) is 59.1 cm³/mol. The largest absolute Gasteiger partial charge is 0.468 e. The van der Waals surface area contributed by atoms with E-state index in [9.17, 15) is 9.59 Å². The minimum atomic E-state index is -0.401. The van der Waals surface area contributed by atoms with Crippen molar-refractivity contribution in [3.05, 3.63) is 11.6 Å². The van der Waals surface area contributed by atoms with E-state index in [2.05, 4.69) is 4.74 Å². The minimum absolute atomic E-state index is 0.00435. The van der Waals surface area contributed by atoms with E-state index >= 15 is 0 Å². The van der Waals surface area contributed by atoms with Gasteiger partial charge >= 0.3 is 5.97 Å². The molecule has 1 rings (SSSR count). The van der Waals surface area contributed by atoms with Crippen molar-refractivity contribution < 1.29 is 14.3 Å². The van der Waals surface area contributed by atoms with Crippen molar-refractivity contribution in [3.8, 4) is 0 Å². The fourth-order valence-electron chi connectivity index (χ4n) is 1.26. The summed E-state index contributed by atoms with van der Waals surface area (Å²) in [5, 5.41) is 1.74. The maximum absolute atomic E-state index is 11.9. The highest BCUT2D eigenvalue weighted by molar-refractivity contribution is 8.03. The number of carbonyl (C=O) groups excluding carboxylic acids is 2. The van der Waals surface area contributed by atoms with E-state index in [0.717, 1.165) is 0 Å². The second-order valence-electron chi connectivity index (χ2n) is 3.63. The van der Waals surface area contributed by atoms with Crippen LogP contribution in [0.2, 0.25) is 0 Å². The Morgan fingerprint density at radius 3 is 2.87 bits per heavy atom. The smallest absolute Gasteiger partial charge is 0.325 e. The van der Waals surface area contributed by atoms with E-state index in [1.54, 1.807) is 6.20 Å². The number of hydrogen-bond acceptors (Lipinski definition) is 4. The molecule has 1 amide bonds. The number of carbonyl (C=O) groups is 2. The minimum Gasteiger partial charge on any atom is -0.468 e. The molecule has 5 heteroatoms. The van der Waals surface area contributed by atoms with Gasteiger partial charge in [0.25, 0.3) is 0 Å². The number of esters is 1. The highest BCUT2D eigenvalue weighted by Crippen LogP contribution is 2.26. The van der Waals surface area contributed by atoms with E-state index in [-0.39, 0.29) is 23.6 Å². The van der Waals surface area contributed by atoms with Crippen molar-refractivity contribution in [1.29, 1.82) is 0 Å². The molecule has 0 saturated heterocycles. The first-order valence-corrected chi connectivity index (χ1v) is 5.70. The van der Waals surface area contributed by atoms with Crippen LogP contribution in [0.25, 0.3) is 0 Å². The number of methoxy groups -OCH3 is 1. The van der Waals surface area contributed by atoms with Crippen LogP contribution < -0.4 is 0 Å². The average Bonchev–Trinajstić information content (AvgIpc) is 2.20. The van der Waals surface area contributed by atoms with Gasteiger partial charge in [-0.25, -0.2) is 0 Å². The Bertz CT molecular complexity index is 288. The number of amides is 1. The first kappa shape index (κ1) is 12.1. The molecule has 0 aromatic heterocycles. The molecule has 1 unspecified atom stereocenters. The molecule has 0 fully saturated rings. The van der Waals surface area contributed by atoms with E-state index in [4.69, 9.17) is 0 Å². The lowest BCUT2D eigenvalue weighted by atomic mass is 10.1. The lowest BCUT2D eigenvalue weighted by Crippen LogP contribution is -2.41. The molecule has 84 valence electrons. The summed E-state index contributed by atoms with van der Waals surface area (Å²) in [6.45, 7) is 3.98. The summed E-state index contributed by atoms with van der Waals surface area (Å²) in [6, 6.07) is 0. The maximum Gasteiger partial charge on any atom is 0.325 e. The summed E-state index contributed by atoms with van der Waals surface area (Å²) >= 11 is 1.49. The number of nitrogens with zero attached hydrogens (tertiary/aromatic N) is 1. The zero-order chi connectivity index (χ0) is 11.4. The number of ether oxygens (including phenoxy) is 1. The van der Waals surface area contributed by atoms with Gasteiger partial charge < -0.3 is 9.64 Å². The van der Waals surface area contributed by atoms with Crippen LogP contribution in [-0.2, 0) is 14.3 Å². The first-order valence-electron chi connectivity index (χ1n) is 4.75. The van der Waals surface area contributed by atoms with Crippen molar-refractivity contribution in [2.24, 2.45) is 5.92 Å². The van der Waals surface area contributed by atoms with E-state index in [1.807, 2.05) is 19.3 Å². The van der Waals surface area contributed by atoms with Crippen LogP contribution in [0, 0.1) is 5.92 Å². The van der Waals surface area contributed by atoms with Gasteiger partial charge in [-0.05, 0) is 11.3 Å². The molecule has 1 atom stereocenters. The maximum atomic E-state index is 11.9. The Morgan fingerprint density at radius 1 is 1.67 bits per heavy atom. The number of rotatable bonds is 3. The van der Waals surface area contributed by atoms with Gasteiger partial charge in [0.1, 0.15) is 6.54 Å². The highest BCUT2D eigenvalue weighted by atomic mass is 32.2. The average molecular weight is 229 g/mol. The van der Waals surface area contributed by atoms with Gasteiger partial charge in [-0.15, -0.1) is 11.8 Å². The van der Waals surface area contributed by atoms with Gasteiger partial charge in [0.15, 0.2) is 0 Å². The van der Waals surface area contributed by atoms with E-state index < -0.39 is 5.97 Å². The van der Waals surface area contributed by atoms with E-state index in [0.29, 0.717) is 0 Å². The molecule has 1 aliphatic heterocycles. The molecule has 0 radical (unpaired) electrons. The molecular formula is C10H15NO3S. The van der Waals surface area contributed by atoms with Gasteiger partial charge in [-0.1, -0.05) is 13.8 Å². The Morgan fingerprint density at radius 2 is 2.33 bits per heavy atom. The third-order valence-electron chi connectivity index (χ3n) is 2.13. The van der Waals surface area contributed by atoms with Crippen molar-refractivity contribution in [3.63, 3.8) is 0 Å². The van der Waals surface area contributed by atoms with Gasteiger partial charge in [-0.3, -0.25) is 9.59 Å². The molecule has 0 N–H and O–H groups in total. The number of hydrogen-bond donors (Lipinski definition) is 0. The van der Waals surface area contributed by atoms with Crippen LogP contribution in [0.1, 0.15) is 13.8 Å². The molecule has 0 aliphatic carbocycles. The fraction of sp³-hybridized carbons (Fsp3) is 0.600. The molecule has 0 spiro atoms. The van der Waals surface area contributed by atoms with Crippen molar-refractivity contribution in [1.82, 2.24) is 4.90 Å². The summed E-state index contributed by atoms with van der Waals surface area (Å²) < 4.78 is 4.52. The second kappa shape index (κ2) is 5.21. The molecule has 0 saturated carbocycles. The molecule has 0 aromatic rings. The molecule has 0 aromatic carbocycles. The molecule has 4 nitrogen and oxygen atoms in total.